The van der Waals surface area contributed by atoms with Crippen LogP contribution in [0, 0.1) is 19.8 Å². The van der Waals surface area contributed by atoms with Gasteiger partial charge in [0.15, 0.2) is 0 Å². The van der Waals surface area contributed by atoms with Gasteiger partial charge in [-0.1, -0.05) is 11.8 Å². The second-order valence-electron chi connectivity index (χ2n) is 4.34. The Labute approximate surface area is 99.3 Å². The summed E-state index contributed by atoms with van der Waals surface area (Å²) in [4.78, 5) is 15.5. The van der Waals surface area contributed by atoms with Crippen LogP contribution in [0.15, 0.2) is 17.2 Å². The van der Waals surface area contributed by atoms with Crippen molar-refractivity contribution in [3.05, 3.63) is 23.4 Å². The molecule has 0 bridgehead atoms. The van der Waals surface area contributed by atoms with Crippen molar-refractivity contribution >= 4 is 17.7 Å². The molecule has 2 rings (SSSR count). The lowest BCUT2D eigenvalue weighted by Crippen LogP contribution is -2.18. The number of rotatable bonds is 4. The molecule has 1 unspecified atom stereocenters. The van der Waals surface area contributed by atoms with Gasteiger partial charge in [-0.25, -0.2) is 4.98 Å². The van der Waals surface area contributed by atoms with Crippen LogP contribution in [0.25, 0.3) is 0 Å². The van der Waals surface area contributed by atoms with Crippen LogP contribution in [0.5, 0.6) is 0 Å². The molecule has 16 heavy (non-hydrogen) atoms. The SMILES string of the molecule is Cc1cc(C)nc(SC(C(=O)O)C2CC2)c1. The lowest BCUT2D eigenvalue weighted by Gasteiger charge is -2.10. The third-order valence-electron chi connectivity index (χ3n) is 2.62. The van der Waals surface area contributed by atoms with Crippen LogP contribution < -0.4 is 0 Å². The van der Waals surface area contributed by atoms with E-state index in [2.05, 4.69) is 4.98 Å². The van der Waals surface area contributed by atoms with Gasteiger partial charge in [0, 0.05) is 5.69 Å². The van der Waals surface area contributed by atoms with Crippen molar-refractivity contribution in [2.24, 2.45) is 5.92 Å². The molecule has 1 fully saturated rings. The third-order valence-corrected chi connectivity index (χ3v) is 3.91. The molecule has 0 amide bonds. The van der Waals surface area contributed by atoms with Crippen LogP contribution in [-0.2, 0) is 4.79 Å². The fourth-order valence-corrected chi connectivity index (χ4v) is 3.02. The van der Waals surface area contributed by atoms with Gasteiger partial charge in [0.05, 0.1) is 5.03 Å². The summed E-state index contributed by atoms with van der Waals surface area (Å²) < 4.78 is 0. The van der Waals surface area contributed by atoms with Crippen LogP contribution in [0.3, 0.4) is 0 Å². The summed E-state index contributed by atoms with van der Waals surface area (Å²) in [7, 11) is 0. The van der Waals surface area contributed by atoms with Crippen LogP contribution >= 0.6 is 11.8 Å². The molecule has 1 heterocycles. The number of thioether (sulfide) groups is 1. The highest BCUT2D eigenvalue weighted by molar-refractivity contribution is 8.00. The highest BCUT2D eigenvalue weighted by Crippen LogP contribution is 2.41. The molecule has 4 heteroatoms. The third kappa shape index (κ3) is 2.76. The molecule has 0 aromatic carbocycles. The quantitative estimate of drug-likeness (QED) is 0.818. The number of nitrogens with zero attached hydrogens (tertiary/aromatic N) is 1. The van der Waals surface area contributed by atoms with Gasteiger partial charge in [-0.2, -0.15) is 0 Å². The first-order valence-electron chi connectivity index (χ1n) is 5.41. The highest BCUT2D eigenvalue weighted by Gasteiger charge is 2.37. The number of pyridine rings is 1. The van der Waals surface area contributed by atoms with Crippen molar-refractivity contribution in [1.29, 1.82) is 0 Å². The van der Waals surface area contributed by atoms with E-state index in [9.17, 15) is 4.79 Å². The summed E-state index contributed by atoms with van der Waals surface area (Å²) in [5.74, 6) is -0.376. The molecule has 1 saturated carbocycles. The first-order valence-corrected chi connectivity index (χ1v) is 6.29. The van der Waals surface area contributed by atoms with Crippen LogP contribution in [0.2, 0.25) is 0 Å². The van der Waals surface area contributed by atoms with Crippen molar-refractivity contribution in [2.45, 2.75) is 37.0 Å². The second-order valence-corrected chi connectivity index (χ2v) is 5.50. The molecule has 1 aliphatic carbocycles. The maximum absolute atomic E-state index is 11.1. The fraction of sp³-hybridized carbons (Fsp3) is 0.500. The largest absolute Gasteiger partial charge is 0.480 e. The molecule has 1 aromatic heterocycles. The smallest absolute Gasteiger partial charge is 0.317 e. The monoisotopic (exact) mass is 237 g/mol. The molecule has 0 aliphatic heterocycles. The zero-order valence-electron chi connectivity index (χ0n) is 9.43. The topological polar surface area (TPSA) is 50.2 Å². The van der Waals surface area contributed by atoms with E-state index < -0.39 is 5.97 Å². The number of carboxylic acid groups (broad SMARTS) is 1. The maximum Gasteiger partial charge on any atom is 0.317 e. The lowest BCUT2D eigenvalue weighted by atomic mass is 10.2. The molecular weight excluding hydrogens is 222 g/mol. The Kier molecular flexibility index (Phi) is 3.19. The summed E-state index contributed by atoms with van der Waals surface area (Å²) in [5, 5.41) is 9.64. The van der Waals surface area contributed by atoms with E-state index in [0.717, 1.165) is 29.1 Å². The van der Waals surface area contributed by atoms with Gasteiger partial charge in [0.1, 0.15) is 5.25 Å². The van der Waals surface area contributed by atoms with Gasteiger partial charge in [-0.05, 0) is 50.3 Å². The minimum Gasteiger partial charge on any atom is -0.480 e. The normalized spacial score (nSPS) is 17.1. The van der Waals surface area contributed by atoms with Crippen molar-refractivity contribution in [1.82, 2.24) is 4.98 Å². The Bertz CT molecular complexity index is 395. The molecule has 86 valence electrons. The first-order chi connectivity index (χ1) is 7.56. The summed E-state index contributed by atoms with van der Waals surface area (Å²) >= 11 is 1.39. The van der Waals surface area contributed by atoms with Gasteiger partial charge in [0.2, 0.25) is 0 Å². The minimum absolute atomic E-state index is 0.325. The highest BCUT2D eigenvalue weighted by atomic mass is 32.2. The van der Waals surface area contributed by atoms with E-state index in [1.165, 1.54) is 11.8 Å². The van der Waals surface area contributed by atoms with Crippen molar-refractivity contribution in [2.75, 3.05) is 0 Å². The van der Waals surface area contributed by atoms with Crippen LogP contribution in [0.1, 0.15) is 24.1 Å². The number of carboxylic acids is 1. The van der Waals surface area contributed by atoms with E-state index in [1.54, 1.807) is 0 Å². The van der Waals surface area contributed by atoms with E-state index in [4.69, 9.17) is 5.11 Å². The van der Waals surface area contributed by atoms with Gasteiger partial charge >= 0.3 is 5.97 Å². The molecule has 3 nitrogen and oxygen atoms in total. The molecule has 1 N–H and O–H groups in total. The number of aliphatic carboxylic acids is 1. The molecule has 1 atom stereocenters. The lowest BCUT2D eigenvalue weighted by molar-refractivity contribution is -0.136. The first kappa shape index (κ1) is 11.5. The van der Waals surface area contributed by atoms with Gasteiger partial charge in [-0.3, -0.25) is 4.79 Å². The Hall–Kier alpha value is -1.03. The number of hydrogen-bond donors (Lipinski definition) is 1. The standard InChI is InChI=1S/C12H15NO2S/c1-7-5-8(2)13-10(6-7)16-11(12(14)15)9-3-4-9/h5-6,9,11H,3-4H2,1-2H3,(H,14,15). The van der Waals surface area contributed by atoms with Gasteiger partial charge in [-0.15, -0.1) is 0 Å². The predicted octanol–water partition coefficient (Wildman–Crippen LogP) is 2.65. The zero-order valence-corrected chi connectivity index (χ0v) is 10.3. The molecule has 0 saturated heterocycles. The Balaban J connectivity index is 2.14. The molecule has 0 radical (unpaired) electrons. The van der Waals surface area contributed by atoms with E-state index in [-0.39, 0.29) is 5.25 Å². The number of aryl methyl sites for hydroxylation is 2. The van der Waals surface area contributed by atoms with Crippen molar-refractivity contribution in [3.63, 3.8) is 0 Å². The van der Waals surface area contributed by atoms with Crippen molar-refractivity contribution in [3.8, 4) is 0 Å². The summed E-state index contributed by atoms with van der Waals surface area (Å²) in [6.45, 7) is 3.94. The molecule has 1 aromatic rings. The average molecular weight is 237 g/mol. The van der Waals surface area contributed by atoms with Crippen molar-refractivity contribution < 1.29 is 9.90 Å². The van der Waals surface area contributed by atoms with E-state index in [0.29, 0.717) is 5.92 Å². The number of hydrogen-bond acceptors (Lipinski definition) is 3. The minimum atomic E-state index is -0.714. The summed E-state index contributed by atoms with van der Waals surface area (Å²) in [5.41, 5.74) is 2.08. The van der Waals surface area contributed by atoms with E-state index >= 15 is 0 Å². The Morgan fingerprint density at radius 2 is 2.19 bits per heavy atom. The van der Waals surface area contributed by atoms with Crippen LogP contribution in [-0.4, -0.2) is 21.3 Å². The summed E-state index contributed by atoms with van der Waals surface area (Å²) in [6, 6.07) is 3.95. The maximum atomic E-state index is 11.1. The molecular formula is C12H15NO2S. The van der Waals surface area contributed by atoms with Gasteiger partial charge in [0.25, 0.3) is 0 Å². The second kappa shape index (κ2) is 4.45. The Morgan fingerprint density at radius 3 is 2.69 bits per heavy atom. The number of aromatic nitrogens is 1. The fourth-order valence-electron chi connectivity index (χ4n) is 1.74. The molecule has 0 spiro atoms. The van der Waals surface area contributed by atoms with Gasteiger partial charge < -0.3 is 5.11 Å². The predicted molar refractivity (Wildman–Crippen MR) is 63.7 cm³/mol. The molecule has 1 aliphatic rings. The van der Waals surface area contributed by atoms with Crippen LogP contribution in [0.4, 0.5) is 0 Å². The Morgan fingerprint density at radius 1 is 1.50 bits per heavy atom. The average Bonchev–Trinajstić information content (AvgIpc) is 2.95. The van der Waals surface area contributed by atoms with E-state index in [1.807, 2.05) is 26.0 Å². The summed E-state index contributed by atoms with van der Waals surface area (Å²) in [6.07, 6.45) is 2.07. The zero-order chi connectivity index (χ0) is 11.7. The number of carbonyl (C=O) groups is 1.